The van der Waals surface area contributed by atoms with E-state index in [0.717, 1.165) is 17.7 Å². The predicted octanol–water partition coefficient (Wildman–Crippen LogP) is 8.18. The van der Waals surface area contributed by atoms with Gasteiger partial charge in [-0.05, 0) is 64.9 Å². The fourth-order valence-corrected chi connectivity index (χ4v) is 4.90. The molecule has 1 unspecified atom stereocenters. The monoisotopic (exact) mass is 617 g/mol. The smallest absolute Gasteiger partial charge is 0.416 e. The second-order valence-corrected chi connectivity index (χ2v) is 10.7. The van der Waals surface area contributed by atoms with E-state index >= 15 is 0 Å². The van der Waals surface area contributed by atoms with Crippen LogP contribution in [0.4, 0.5) is 18.9 Å². The normalized spacial score (nSPS) is 12.0. The summed E-state index contributed by atoms with van der Waals surface area (Å²) in [7, 11) is 0. The Morgan fingerprint density at radius 2 is 1.49 bits per heavy atom. The molecular formula is C36H34F3NO5. The topological polar surface area (TPSA) is 81.7 Å². The fourth-order valence-electron chi connectivity index (χ4n) is 4.90. The van der Waals surface area contributed by atoms with Crippen molar-refractivity contribution in [2.75, 3.05) is 18.5 Å². The van der Waals surface area contributed by atoms with Gasteiger partial charge in [0.1, 0.15) is 12.5 Å². The number of hydrogen-bond donors (Lipinski definition) is 1. The minimum Gasteiger partial charge on any atom is -0.465 e. The number of carbonyl (C=O) groups is 3. The molecule has 0 aromatic heterocycles. The highest BCUT2D eigenvalue weighted by Gasteiger charge is 2.30. The van der Waals surface area contributed by atoms with Crippen molar-refractivity contribution in [1.29, 1.82) is 0 Å². The molecule has 45 heavy (non-hydrogen) atoms. The van der Waals surface area contributed by atoms with Crippen molar-refractivity contribution in [3.63, 3.8) is 0 Å². The first-order chi connectivity index (χ1) is 21.5. The molecule has 0 fully saturated rings. The van der Waals surface area contributed by atoms with Crippen LogP contribution >= 0.6 is 0 Å². The third kappa shape index (κ3) is 8.59. The highest BCUT2D eigenvalue weighted by Crippen LogP contribution is 2.33. The SMILES string of the molecule is CCOC(=O)C(COC(=O)Cc1ccc(NC(=O)c2ccccc2-c2ccc(C(F)(F)F)cc2)c(C(C)C)c1)c1ccccc1. The standard InChI is InChI=1S/C36H34F3NO5/c1-4-44-35(43)31(25-10-6-5-7-11-25)22-45-33(41)21-24-14-19-32(30(20-24)23(2)3)40-34(42)29-13-9-8-12-28(29)26-15-17-27(18-16-26)36(37,38)39/h5-20,23,31H,4,21-22H2,1-3H3,(H,40,42). The molecule has 1 N–H and O–H groups in total. The number of anilines is 1. The van der Waals surface area contributed by atoms with Gasteiger partial charge in [0, 0.05) is 11.3 Å². The molecule has 234 valence electrons. The largest absolute Gasteiger partial charge is 0.465 e. The van der Waals surface area contributed by atoms with Gasteiger partial charge in [-0.25, -0.2) is 0 Å². The van der Waals surface area contributed by atoms with E-state index in [9.17, 15) is 27.6 Å². The van der Waals surface area contributed by atoms with E-state index < -0.39 is 35.5 Å². The van der Waals surface area contributed by atoms with Crippen LogP contribution in [0, 0.1) is 0 Å². The number of halogens is 3. The molecule has 0 radical (unpaired) electrons. The predicted molar refractivity (Wildman–Crippen MR) is 166 cm³/mol. The molecule has 0 aliphatic rings. The zero-order valence-corrected chi connectivity index (χ0v) is 25.2. The van der Waals surface area contributed by atoms with Crippen LogP contribution in [0.1, 0.15) is 65.2 Å². The van der Waals surface area contributed by atoms with Crippen LogP contribution in [0.3, 0.4) is 0 Å². The Labute approximate surface area is 260 Å². The number of ether oxygens (including phenoxy) is 2. The lowest BCUT2D eigenvalue weighted by molar-refractivity contribution is -0.150. The van der Waals surface area contributed by atoms with Crippen molar-refractivity contribution >= 4 is 23.5 Å². The zero-order valence-electron chi connectivity index (χ0n) is 25.2. The lowest BCUT2D eigenvalue weighted by atomic mass is 9.96. The summed E-state index contributed by atoms with van der Waals surface area (Å²) in [6, 6.07) is 25.6. The molecule has 0 aliphatic carbocycles. The van der Waals surface area contributed by atoms with E-state index in [-0.39, 0.29) is 25.6 Å². The van der Waals surface area contributed by atoms with Crippen LogP contribution < -0.4 is 5.32 Å². The lowest BCUT2D eigenvalue weighted by Gasteiger charge is -2.18. The first-order valence-corrected chi connectivity index (χ1v) is 14.6. The van der Waals surface area contributed by atoms with E-state index in [1.807, 2.05) is 26.0 Å². The number of esters is 2. The Bertz CT molecular complexity index is 1630. The van der Waals surface area contributed by atoms with E-state index in [4.69, 9.17) is 9.47 Å². The molecule has 1 atom stereocenters. The van der Waals surface area contributed by atoms with Gasteiger partial charge in [-0.2, -0.15) is 13.2 Å². The molecule has 0 bridgehead atoms. The summed E-state index contributed by atoms with van der Waals surface area (Å²) < 4.78 is 49.8. The van der Waals surface area contributed by atoms with Crippen molar-refractivity contribution in [2.45, 2.75) is 45.2 Å². The van der Waals surface area contributed by atoms with Crippen LogP contribution in [-0.2, 0) is 31.7 Å². The second-order valence-electron chi connectivity index (χ2n) is 10.7. The second kappa shape index (κ2) is 14.7. The Morgan fingerprint density at radius 3 is 2.13 bits per heavy atom. The lowest BCUT2D eigenvalue weighted by Crippen LogP contribution is -2.23. The van der Waals surface area contributed by atoms with Gasteiger partial charge < -0.3 is 14.8 Å². The molecule has 4 aromatic rings. The highest BCUT2D eigenvalue weighted by atomic mass is 19.4. The van der Waals surface area contributed by atoms with Gasteiger partial charge in [0.25, 0.3) is 5.91 Å². The highest BCUT2D eigenvalue weighted by molar-refractivity contribution is 6.09. The van der Waals surface area contributed by atoms with Gasteiger partial charge in [-0.15, -0.1) is 0 Å². The van der Waals surface area contributed by atoms with Crippen LogP contribution in [-0.4, -0.2) is 31.1 Å². The summed E-state index contributed by atoms with van der Waals surface area (Å²) in [6.07, 6.45) is -4.51. The summed E-state index contributed by atoms with van der Waals surface area (Å²) in [5, 5.41) is 2.93. The van der Waals surface area contributed by atoms with E-state index in [2.05, 4.69) is 5.32 Å². The van der Waals surface area contributed by atoms with Crippen molar-refractivity contribution in [3.8, 4) is 11.1 Å². The Kier molecular flexibility index (Phi) is 10.8. The van der Waals surface area contributed by atoms with Crippen molar-refractivity contribution in [2.24, 2.45) is 0 Å². The van der Waals surface area contributed by atoms with Crippen molar-refractivity contribution in [3.05, 3.63) is 125 Å². The molecule has 1 amide bonds. The zero-order chi connectivity index (χ0) is 32.6. The Morgan fingerprint density at radius 1 is 0.822 bits per heavy atom. The minimum atomic E-state index is -4.46. The molecule has 9 heteroatoms. The summed E-state index contributed by atoms with van der Waals surface area (Å²) >= 11 is 0. The molecular weight excluding hydrogens is 583 g/mol. The van der Waals surface area contributed by atoms with E-state index in [1.54, 1.807) is 67.6 Å². The number of amides is 1. The summed E-state index contributed by atoms with van der Waals surface area (Å²) in [5.74, 6) is -2.18. The molecule has 6 nitrogen and oxygen atoms in total. The van der Waals surface area contributed by atoms with Crippen LogP contribution in [0.5, 0.6) is 0 Å². The fraction of sp³-hybridized carbons (Fsp3) is 0.250. The maximum absolute atomic E-state index is 13.4. The minimum absolute atomic E-state index is 0.0206. The maximum atomic E-state index is 13.4. The van der Waals surface area contributed by atoms with E-state index in [0.29, 0.717) is 33.5 Å². The van der Waals surface area contributed by atoms with Gasteiger partial charge >= 0.3 is 18.1 Å². The Balaban J connectivity index is 1.48. The molecule has 4 rings (SSSR count). The molecule has 0 saturated heterocycles. The third-order valence-electron chi connectivity index (χ3n) is 7.21. The van der Waals surface area contributed by atoms with Crippen LogP contribution in [0.2, 0.25) is 0 Å². The average molecular weight is 618 g/mol. The maximum Gasteiger partial charge on any atom is 0.416 e. The summed E-state index contributed by atoms with van der Waals surface area (Å²) in [6.45, 7) is 5.66. The van der Waals surface area contributed by atoms with Gasteiger partial charge in [0.05, 0.1) is 18.6 Å². The summed E-state index contributed by atoms with van der Waals surface area (Å²) in [5.41, 5.74) is 3.18. The molecule has 0 aliphatic heterocycles. The molecule has 0 saturated carbocycles. The Hall–Kier alpha value is -4.92. The summed E-state index contributed by atoms with van der Waals surface area (Å²) in [4.78, 5) is 38.8. The first kappa shape index (κ1) is 33.0. The van der Waals surface area contributed by atoms with Gasteiger partial charge in [0.2, 0.25) is 0 Å². The van der Waals surface area contributed by atoms with Crippen LogP contribution in [0.15, 0.2) is 97.1 Å². The number of rotatable bonds is 11. The molecule has 0 spiro atoms. The average Bonchev–Trinajstić information content (AvgIpc) is 3.02. The number of carbonyl (C=O) groups excluding carboxylic acids is 3. The van der Waals surface area contributed by atoms with Crippen LogP contribution in [0.25, 0.3) is 11.1 Å². The molecule has 4 aromatic carbocycles. The van der Waals surface area contributed by atoms with Gasteiger partial charge in [0.15, 0.2) is 0 Å². The van der Waals surface area contributed by atoms with Gasteiger partial charge in [-0.3, -0.25) is 14.4 Å². The van der Waals surface area contributed by atoms with Gasteiger partial charge in [-0.1, -0.05) is 86.6 Å². The quantitative estimate of drug-likeness (QED) is 0.172. The first-order valence-electron chi connectivity index (χ1n) is 14.6. The van der Waals surface area contributed by atoms with Crippen molar-refractivity contribution in [1.82, 2.24) is 0 Å². The van der Waals surface area contributed by atoms with E-state index in [1.165, 1.54) is 12.1 Å². The number of alkyl halides is 3. The van der Waals surface area contributed by atoms with Crippen molar-refractivity contribution < 1.29 is 37.0 Å². The number of hydrogen-bond acceptors (Lipinski definition) is 5. The number of benzene rings is 4. The molecule has 0 heterocycles. The third-order valence-corrected chi connectivity index (χ3v) is 7.21. The number of nitrogens with one attached hydrogen (secondary N) is 1.